The van der Waals surface area contributed by atoms with Gasteiger partial charge in [-0.2, -0.15) is 0 Å². The molecule has 2 aromatic heterocycles. The molecule has 3 heteroatoms. The standard InChI is InChI=1S/C46H29NO2/c1-2-10-30(11-3-1)31-20-25-34(26-21-31)47(42-18-9-17-40-41-29-24-32-12-4-5-13-36(32)45(41)49-46(40)42)35-27-22-33(23-28-35)37-15-8-16-39-38-14-6-7-19-43(38)48-44(37)39/h1-29H. The van der Waals surface area contributed by atoms with Gasteiger partial charge < -0.3 is 13.7 Å². The number of hydrogen-bond donors (Lipinski definition) is 0. The van der Waals surface area contributed by atoms with E-state index in [1.165, 1.54) is 16.5 Å². The average Bonchev–Trinajstić information content (AvgIpc) is 3.75. The lowest BCUT2D eigenvalue weighted by Crippen LogP contribution is -2.10. The molecule has 0 atom stereocenters. The molecule has 0 unspecified atom stereocenters. The van der Waals surface area contributed by atoms with Crippen LogP contribution in [0.1, 0.15) is 0 Å². The van der Waals surface area contributed by atoms with Gasteiger partial charge in [0.15, 0.2) is 5.58 Å². The first-order chi connectivity index (χ1) is 24.3. The molecule has 0 radical (unpaired) electrons. The fraction of sp³-hybridized carbons (Fsp3) is 0. The van der Waals surface area contributed by atoms with Crippen LogP contribution in [0.2, 0.25) is 0 Å². The summed E-state index contributed by atoms with van der Waals surface area (Å²) in [5.74, 6) is 0. The minimum absolute atomic E-state index is 0.858. The molecule has 10 rings (SSSR count). The van der Waals surface area contributed by atoms with Crippen LogP contribution in [0.3, 0.4) is 0 Å². The van der Waals surface area contributed by atoms with Gasteiger partial charge >= 0.3 is 0 Å². The molecular formula is C46H29NO2. The van der Waals surface area contributed by atoms with Crippen LogP contribution in [0.25, 0.3) is 76.9 Å². The highest BCUT2D eigenvalue weighted by Gasteiger charge is 2.21. The van der Waals surface area contributed by atoms with Crippen molar-refractivity contribution < 1.29 is 8.83 Å². The average molecular weight is 628 g/mol. The van der Waals surface area contributed by atoms with Crippen LogP contribution in [0.15, 0.2) is 185 Å². The van der Waals surface area contributed by atoms with Crippen LogP contribution in [-0.4, -0.2) is 0 Å². The van der Waals surface area contributed by atoms with E-state index in [0.29, 0.717) is 0 Å². The third-order valence-corrected chi connectivity index (χ3v) is 9.68. The van der Waals surface area contributed by atoms with Crippen LogP contribution in [0, 0.1) is 0 Å². The lowest BCUT2D eigenvalue weighted by molar-refractivity contribution is 0.670. The zero-order chi connectivity index (χ0) is 32.3. The van der Waals surface area contributed by atoms with Gasteiger partial charge in [-0.05, 0) is 64.5 Å². The summed E-state index contributed by atoms with van der Waals surface area (Å²) in [6.07, 6.45) is 0. The first-order valence-corrected chi connectivity index (χ1v) is 16.6. The third kappa shape index (κ3) is 4.44. The summed E-state index contributed by atoms with van der Waals surface area (Å²) in [7, 11) is 0. The number of para-hydroxylation sites is 3. The summed E-state index contributed by atoms with van der Waals surface area (Å²) < 4.78 is 13.2. The Kier molecular flexibility index (Phi) is 6.18. The van der Waals surface area contributed by atoms with Crippen LogP contribution in [0.5, 0.6) is 0 Å². The second-order valence-electron chi connectivity index (χ2n) is 12.5. The number of hydrogen-bond acceptors (Lipinski definition) is 3. The topological polar surface area (TPSA) is 29.5 Å². The van der Waals surface area contributed by atoms with E-state index < -0.39 is 0 Å². The Morgan fingerprint density at radius 2 is 0.918 bits per heavy atom. The lowest BCUT2D eigenvalue weighted by atomic mass is 10.0. The number of furan rings is 2. The quantitative estimate of drug-likeness (QED) is 0.190. The van der Waals surface area contributed by atoms with E-state index in [1.54, 1.807) is 0 Å². The predicted molar refractivity (Wildman–Crippen MR) is 204 cm³/mol. The van der Waals surface area contributed by atoms with E-state index >= 15 is 0 Å². The van der Waals surface area contributed by atoms with Gasteiger partial charge in [0.25, 0.3) is 0 Å². The summed E-state index contributed by atoms with van der Waals surface area (Å²) in [5.41, 5.74) is 11.2. The molecule has 0 fully saturated rings. The van der Waals surface area contributed by atoms with Gasteiger partial charge in [0.05, 0.1) is 5.69 Å². The molecule has 10 aromatic rings. The fourth-order valence-corrected chi connectivity index (χ4v) is 7.31. The molecule has 8 aromatic carbocycles. The highest BCUT2D eigenvalue weighted by molar-refractivity contribution is 6.17. The lowest BCUT2D eigenvalue weighted by Gasteiger charge is -2.26. The number of anilines is 3. The molecule has 0 bridgehead atoms. The van der Waals surface area contributed by atoms with Gasteiger partial charge in [-0.15, -0.1) is 0 Å². The zero-order valence-corrected chi connectivity index (χ0v) is 26.5. The first kappa shape index (κ1) is 27.5. The minimum atomic E-state index is 0.858. The second kappa shape index (κ2) is 11.0. The third-order valence-electron chi connectivity index (χ3n) is 9.68. The van der Waals surface area contributed by atoms with Crippen molar-refractivity contribution in [3.05, 3.63) is 176 Å². The summed E-state index contributed by atoms with van der Waals surface area (Å²) in [6.45, 7) is 0. The van der Waals surface area contributed by atoms with E-state index in [4.69, 9.17) is 8.83 Å². The maximum atomic E-state index is 6.83. The Morgan fingerprint density at radius 1 is 0.327 bits per heavy atom. The molecule has 0 aliphatic carbocycles. The molecule has 0 N–H and O–H groups in total. The van der Waals surface area contributed by atoms with Crippen molar-refractivity contribution in [3.63, 3.8) is 0 Å². The van der Waals surface area contributed by atoms with Crippen molar-refractivity contribution in [1.29, 1.82) is 0 Å². The van der Waals surface area contributed by atoms with Crippen LogP contribution < -0.4 is 4.90 Å². The van der Waals surface area contributed by atoms with E-state index in [0.717, 1.165) is 77.5 Å². The van der Waals surface area contributed by atoms with Gasteiger partial charge in [-0.3, -0.25) is 0 Å². The Morgan fingerprint density at radius 3 is 1.71 bits per heavy atom. The Labute approximate surface area is 282 Å². The van der Waals surface area contributed by atoms with Gasteiger partial charge in [0.1, 0.15) is 16.7 Å². The zero-order valence-electron chi connectivity index (χ0n) is 26.5. The maximum absolute atomic E-state index is 6.83. The molecule has 0 amide bonds. The smallest absolute Gasteiger partial charge is 0.159 e. The fourth-order valence-electron chi connectivity index (χ4n) is 7.31. The molecular weight excluding hydrogens is 599 g/mol. The molecule has 0 aliphatic rings. The second-order valence-corrected chi connectivity index (χ2v) is 12.5. The van der Waals surface area contributed by atoms with Gasteiger partial charge in [-0.1, -0.05) is 133 Å². The number of rotatable bonds is 5. The van der Waals surface area contributed by atoms with Crippen molar-refractivity contribution in [2.24, 2.45) is 0 Å². The molecule has 2 heterocycles. The summed E-state index contributed by atoms with van der Waals surface area (Å²) in [5, 5.41) is 6.75. The SMILES string of the molecule is c1ccc(-c2ccc(N(c3ccc(-c4cccc5c4oc4ccccc45)cc3)c3cccc4c3oc3c5ccccc5ccc43)cc2)cc1. The van der Waals surface area contributed by atoms with E-state index in [-0.39, 0.29) is 0 Å². The molecule has 0 spiro atoms. The van der Waals surface area contributed by atoms with Crippen molar-refractivity contribution in [1.82, 2.24) is 0 Å². The van der Waals surface area contributed by atoms with Crippen molar-refractivity contribution in [3.8, 4) is 22.3 Å². The minimum Gasteiger partial charge on any atom is -0.455 e. The Hall–Kier alpha value is -6.58. The molecule has 0 saturated heterocycles. The predicted octanol–water partition coefficient (Wildman–Crippen LogP) is 13.4. The van der Waals surface area contributed by atoms with Crippen LogP contribution in [-0.2, 0) is 0 Å². The van der Waals surface area contributed by atoms with Gasteiger partial charge in [-0.25, -0.2) is 0 Å². The van der Waals surface area contributed by atoms with Gasteiger partial charge in [0.2, 0.25) is 0 Å². The monoisotopic (exact) mass is 627 g/mol. The van der Waals surface area contributed by atoms with Crippen molar-refractivity contribution >= 4 is 71.7 Å². The van der Waals surface area contributed by atoms with Crippen molar-refractivity contribution in [2.45, 2.75) is 0 Å². The van der Waals surface area contributed by atoms with E-state index in [9.17, 15) is 0 Å². The summed E-state index contributed by atoms with van der Waals surface area (Å²) in [6, 6.07) is 61.9. The largest absolute Gasteiger partial charge is 0.455 e. The number of nitrogens with zero attached hydrogens (tertiary/aromatic N) is 1. The summed E-state index contributed by atoms with van der Waals surface area (Å²) >= 11 is 0. The van der Waals surface area contributed by atoms with E-state index in [1.807, 2.05) is 12.1 Å². The normalized spacial score (nSPS) is 11.7. The molecule has 49 heavy (non-hydrogen) atoms. The van der Waals surface area contributed by atoms with Gasteiger partial charge in [0, 0.05) is 43.9 Å². The van der Waals surface area contributed by atoms with Crippen LogP contribution in [0.4, 0.5) is 17.1 Å². The molecule has 230 valence electrons. The number of benzene rings is 8. The maximum Gasteiger partial charge on any atom is 0.159 e. The highest BCUT2D eigenvalue weighted by atomic mass is 16.3. The summed E-state index contributed by atoms with van der Waals surface area (Å²) in [4.78, 5) is 2.30. The van der Waals surface area contributed by atoms with E-state index in [2.05, 4.69) is 169 Å². The van der Waals surface area contributed by atoms with Crippen molar-refractivity contribution in [2.75, 3.05) is 4.90 Å². The number of fused-ring (bicyclic) bond motifs is 8. The van der Waals surface area contributed by atoms with Crippen LogP contribution >= 0.6 is 0 Å². The Bertz CT molecular complexity index is 2810. The highest BCUT2D eigenvalue weighted by Crippen LogP contribution is 2.44. The molecule has 3 nitrogen and oxygen atoms in total. The molecule has 0 aliphatic heterocycles. The Balaban J connectivity index is 1.15. The molecule has 0 saturated carbocycles. The first-order valence-electron chi connectivity index (χ1n) is 16.6.